The van der Waals surface area contributed by atoms with Gasteiger partial charge >= 0.3 is 0 Å². The van der Waals surface area contributed by atoms with Gasteiger partial charge < -0.3 is 4.42 Å². The minimum absolute atomic E-state index is 0.0828. The highest BCUT2D eigenvalue weighted by atomic mass is 35.5. The Bertz CT molecular complexity index is 710. The number of nitrogens with one attached hydrogen (secondary N) is 1. The summed E-state index contributed by atoms with van der Waals surface area (Å²) in [6, 6.07) is 6.86. The first-order chi connectivity index (χ1) is 9.37. The van der Waals surface area contributed by atoms with E-state index in [0.29, 0.717) is 27.9 Å². The molecule has 2 rings (SSSR count). The molecule has 108 valence electrons. The van der Waals surface area contributed by atoms with E-state index in [2.05, 4.69) is 9.71 Å². The van der Waals surface area contributed by atoms with Crippen LogP contribution < -0.4 is 4.72 Å². The topological polar surface area (TPSA) is 72.2 Å². The quantitative estimate of drug-likeness (QED) is 0.920. The van der Waals surface area contributed by atoms with Crippen LogP contribution in [0.4, 0.5) is 0 Å². The van der Waals surface area contributed by atoms with E-state index in [9.17, 15) is 8.42 Å². The second-order valence-corrected chi connectivity index (χ2v) is 6.63. The van der Waals surface area contributed by atoms with Crippen molar-refractivity contribution < 1.29 is 12.8 Å². The van der Waals surface area contributed by atoms with Crippen molar-refractivity contribution in [2.45, 2.75) is 26.1 Å². The highest BCUT2D eigenvalue weighted by molar-refractivity contribution is 7.88. The van der Waals surface area contributed by atoms with Gasteiger partial charge in [0.25, 0.3) is 0 Å². The largest absolute Gasteiger partial charge is 0.444 e. The number of rotatable bonds is 5. The van der Waals surface area contributed by atoms with Crippen LogP contribution in [0, 0.1) is 13.8 Å². The van der Waals surface area contributed by atoms with Gasteiger partial charge in [0.2, 0.25) is 10.0 Å². The Morgan fingerprint density at radius 3 is 2.60 bits per heavy atom. The van der Waals surface area contributed by atoms with E-state index in [1.807, 2.05) is 0 Å². The van der Waals surface area contributed by atoms with Crippen LogP contribution in [-0.2, 0) is 22.3 Å². The van der Waals surface area contributed by atoms with Crippen molar-refractivity contribution in [1.82, 2.24) is 9.71 Å². The lowest BCUT2D eigenvalue weighted by Gasteiger charge is -2.07. The van der Waals surface area contributed by atoms with E-state index >= 15 is 0 Å². The summed E-state index contributed by atoms with van der Waals surface area (Å²) in [6.45, 7) is 3.57. The van der Waals surface area contributed by atoms with Crippen LogP contribution in [-0.4, -0.2) is 13.4 Å². The van der Waals surface area contributed by atoms with Gasteiger partial charge in [0.1, 0.15) is 5.76 Å². The van der Waals surface area contributed by atoms with Gasteiger partial charge in [0.15, 0.2) is 5.89 Å². The van der Waals surface area contributed by atoms with Crippen LogP contribution in [0.2, 0.25) is 5.02 Å². The smallest absolute Gasteiger partial charge is 0.216 e. The van der Waals surface area contributed by atoms with E-state index in [1.165, 1.54) is 0 Å². The number of oxazole rings is 1. The Balaban J connectivity index is 2.05. The van der Waals surface area contributed by atoms with Gasteiger partial charge in [-0.15, -0.1) is 0 Å². The molecule has 2 aromatic rings. The fraction of sp³-hybridized carbons (Fsp3) is 0.308. The Morgan fingerprint density at radius 1 is 1.30 bits per heavy atom. The van der Waals surface area contributed by atoms with Crippen molar-refractivity contribution in [3.05, 3.63) is 52.2 Å². The molecule has 5 nitrogen and oxygen atoms in total. The summed E-state index contributed by atoms with van der Waals surface area (Å²) in [5.74, 6) is 0.867. The monoisotopic (exact) mass is 314 g/mol. The van der Waals surface area contributed by atoms with E-state index < -0.39 is 10.0 Å². The summed E-state index contributed by atoms with van der Waals surface area (Å²) >= 11 is 5.96. The van der Waals surface area contributed by atoms with Crippen LogP contribution in [0.1, 0.15) is 22.9 Å². The maximum atomic E-state index is 12.0. The molecule has 0 aliphatic heterocycles. The molecule has 1 aromatic heterocycles. The van der Waals surface area contributed by atoms with E-state index in [-0.39, 0.29) is 12.3 Å². The molecule has 7 heteroatoms. The molecule has 20 heavy (non-hydrogen) atoms. The predicted molar refractivity (Wildman–Crippen MR) is 76.9 cm³/mol. The van der Waals surface area contributed by atoms with E-state index in [4.69, 9.17) is 16.0 Å². The third kappa shape index (κ3) is 3.82. The highest BCUT2D eigenvalue weighted by Crippen LogP contribution is 2.17. The Kier molecular flexibility index (Phi) is 4.47. The zero-order chi connectivity index (χ0) is 14.8. The molecule has 0 saturated carbocycles. The maximum Gasteiger partial charge on any atom is 0.216 e. The first-order valence-corrected chi connectivity index (χ1v) is 8.04. The van der Waals surface area contributed by atoms with Gasteiger partial charge in [-0.1, -0.05) is 29.8 Å². The highest BCUT2D eigenvalue weighted by Gasteiger charge is 2.15. The number of benzene rings is 1. The number of aryl methyl sites for hydroxylation is 2. The van der Waals surface area contributed by atoms with Crippen LogP contribution in [0.3, 0.4) is 0 Å². The molecule has 0 atom stereocenters. The van der Waals surface area contributed by atoms with Crippen molar-refractivity contribution in [3.8, 4) is 0 Å². The number of hydrogen-bond donors (Lipinski definition) is 1. The average Bonchev–Trinajstić information content (AvgIpc) is 2.68. The molecule has 0 spiro atoms. The lowest BCUT2D eigenvalue weighted by molar-refractivity contribution is 0.466. The standard InChI is InChI=1S/C13H15ClN2O3S/c1-9-13(19-10(2)16-9)7-15-20(17,18)8-11-5-3-4-6-12(11)14/h3-6,15H,7-8H2,1-2H3. The van der Waals surface area contributed by atoms with Gasteiger partial charge in [-0.3, -0.25) is 0 Å². The number of sulfonamides is 1. The fourth-order valence-corrected chi connectivity index (χ4v) is 3.18. The molecule has 0 bridgehead atoms. The van der Waals surface area contributed by atoms with Crippen molar-refractivity contribution in [3.63, 3.8) is 0 Å². The molecule has 0 unspecified atom stereocenters. The zero-order valence-electron chi connectivity index (χ0n) is 11.2. The second-order valence-electron chi connectivity index (χ2n) is 4.41. The molecule has 1 heterocycles. The molecular weight excluding hydrogens is 300 g/mol. The molecule has 1 aromatic carbocycles. The molecule has 0 aliphatic rings. The summed E-state index contributed by atoms with van der Waals surface area (Å²) in [5.41, 5.74) is 1.25. The third-order valence-corrected chi connectivity index (χ3v) is 4.40. The van der Waals surface area contributed by atoms with Gasteiger partial charge in [-0.25, -0.2) is 18.1 Å². The van der Waals surface area contributed by atoms with Gasteiger partial charge in [-0.2, -0.15) is 0 Å². The molecule has 0 aliphatic carbocycles. The van der Waals surface area contributed by atoms with Gasteiger partial charge in [-0.05, 0) is 18.6 Å². The van der Waals surface area contributed by atoms with Crippen LogP contribution in [0.15, 0.2) is 28.7 Å². The van der Waals surface area contributed by atoms with Crippen LogP contribution in [0.25, 0.3) is 0 Å². The summed E-state index contributed by atoms with van der Waals surface area (Å²) in [4.78, 5) is 4.09. The average molecular weight is 315 g/mol. The predicted octanol–water partition coefficient (Wildman–Crippen LogP) is 2.56. The van der Waals surface area contributed by atoms with E-state index in [0.717, 1.165) is 0 Å². The Morgan fingerprint density at radius 2 is 2.00 bits per heavy atom. The van der Waals surface area contributed by atoms with Crippen LogP contribution >= 0.6 is 11.6 Å². The first kappa shape index (κ1) is 15.0. The first-order valence-electron chi connectivity index (χ1n) is 6.01. The minimum atomic E-state index is -3.49. The zero-order valence-corrected chi connectivity index (χ0v) is 12.8. The molecule has 0 amide bonds. The molecule has 0 fully saturated rings. The van der Waals surface area contributed by atoms with Gasteiger partial charge in [0.05, 0.1) is 18.0 Å². The Labute approximate surface area is 123 Å². The number of halogens is 1. The summed E-state index contributed by atoms with van der Waals surface area (Å²) < 4.78 is 31.8. The van der Waals surface area contributed by atoms with Crippen molar-refractivity contribution in [2.75, 3.05) is 0 Å². The maximum absolute atomic E-state index is 12.0. The normalized spacial score (nSPS) is 11.8. The summed E-state index contributed by atoms with van der Waals surface area (Å²) in [7, 11) is -3.49. The van der Waals surface area contributed by atoms with Crippen molar-refractivity contribution in [2.24, 2.45) is 0 Å². The second kappa shape index (κ2) is 5.95. The summed E-state index contributed by atoms with van der Waals surface area (Å²) in [6.07, 6.45) is 0. The minimum Gasteiger partial charge on any atom is -0.444 e. The lowest BCUT2D eigenvalue weighted by atomic mass is 10.2. The molecule has 0 radical (unpaired) electrons. The lowest BCUT2D eigenvalue weighted by Crippen LogP contribution is -2.25. The molecular formula is C13H15ClN2O3S. The van der Waals surface area contributed by atoms with Crippen molar-refractivity contribution >= 4 is 21.6 Å². The SMILES string of the molecule is Cc1nc(C)c(CNS(=O)(=O)Cc2ccccc2Cl)o1. The fourth-order valence-electron chi connectivity index (χ4n) is 1.78. The van der Waals surface area contributed by atoms with Gasteiger partial charge in [0, 0.05) is 11.9 Å². The van der Waals surface area contributed by atoms with Crippen molar-refractivity contribution in [1.29, 1.82) is 0 Å². The molecule has 1 N–H and O–H groups in total. The molecule has 0 saturated heterocycles. The summed E-state index contributed by atoms with van der Waals surface area (Å²) in [5, 5.41) is 0.435. The third-order valence-electron chi connectivity index (χ3n) is 2.76. The number of aromatic nitrogens is 1. The number of nitrogens with zero attached hydrogens (tertiary/aromatic N) is 1. The van der Waals surface area contributed by atoms with Crippen LogP contribution in [0.5, 0.6) is 0 Å². The Hall–Kier alpha value is -1.37. The number of hydrogen-bond acceptors (Lipinski definition) is 4. The van der Waals surface area contributed by atoms with E-state index in [1.54, 1.807) is 38.1 Å².